The molecular weight excluding hydrogens is 466 g/mol. The van der Waals surface area contributed by atoms with Crippen LogP contribution in [0.15, 0.2) is 42.7 Å². The first-order valence-electron chi connectivity index (χ1n) is 12.8. The zero-order valence-corrected chi connectivity index (χ0v) is 21.9. The van der Waals surface area contributed by atoms with E-state index < -0.39 is 0 Å². The van der Waals surface area contributed by atoms with Crippen molar-refractivity contribution in [3.8, 4) is 5.75 Å². The van der Waals surface area contributed by atoms with Gasteiger partial charge in [0.1, 0.15) is 23.6 Å². The molecular formula is C29H33N5O3. The van der Waals surface area contributed by atoms with Gasteiger partial charge in [0, 0.05) is 43.0 Å². The number of hydrogen-bond acceptors (Lipinski definition) is 6. The number of aromatic nitrogens is 2. The van der Waals surface area contributed by atoms with Crippen LogP contribution in [0.4, 0.5) is 16.3 Å². The number of fused-ring (bicyclic) bond motifs is 1. The minimum atomic E-state index is -0.0952. The van der Waals surface area contributed by atoms with Crippen molar-refractivity contribution < 1.29 is 14.3 Å². The Bertz CT molecular complexity index is 1320. The molecule has 1 saturated heterocycles. The van der Waals surface area contributed by atoms with Crippen LogP contribution >= 0.6 is 0 Å². The van der Waals surface area contributed by atoms with E-state index in [2.05, 4.69) is 27.1 Å². The van der Waals surface area contributed by atoms with Crippen molar-refractivity contribution in [1.82, 2.24) is 14.9 Å². The van der Waals surface area contributed by atoms with E-state index >= 15 is 0 Å². The molecule has 192 valence electrons. The Morgan fingerprint density at radius 3 is 2.43 bits per heavy atom. The summed E-state index contributed by atoms with van der Waals surface area (Å²) in [6.07, 6.45) is 3.91. The lowest BCUT2D eigenvalue weighted by atomic mass is 9.97. The van der Waals surface area contributed by atoms with Gasteiger partial charge in [0.25, 0.3) is 0 Å². The van der Waals surface area contributed by atoms with Gasteiger partial charge in [-0.25, -0.2) is 14.8 Å². The maximum atomic E-state index is 13.2. The lowest BCUT2D eigenvalue weighted by molar-refractivity contribution is 0.103. The molecule has 0 saturated carbocycles. The number of piperidine rings is 1. The number of nitrogens with zero attached hydrogens (tertiary/aromatic N) is 4. The van der Waals surface area contributed by atoms with E-state index in [1.54, 1.807) is 13.2 Å². The Balaban J connectivity index is 1.25. The number of carbonyl (C=O) groups is 2. The predicted molar refractivity (Wildman–Crippen MR) is 144 cm³/mol. The fourth-order valence-electron chi connectivity index (χ4n) is 5.27. The van der Waals surface area contributed by atoms with Gasteiger partial charge in [0.15, 0.2) is 0 Å². The predicted octanol–water partition coefficient (Wildman–Crippen LogP) is 4.70. The third kappa shape index (κ3) is 5.01. The van der Waals surface area contributed by atoms with Gasteiger partial charge in [-0.1, -0.05) is 0 Å². The molecule has 1 N–H and O–H groups in total. The number of ether oxygens (including phenoxy) is 1. The number of aryl methyl sites for hydroxylation is 2. The van der Waals surface area contributed by atoms with Crippen molar-refractivity contribution in [3.05, 3.63) is 76.2 Å². The second-order valence-corrected chi connectivity index (χ2v) is 9.94. The number of benzene rings is 2. The molecule has 0 bridgehead atoms. The van der Waals surface area contributed by atoms with Crippen LogP contribution in [0.5, 0.6) is 5.75 Å². The summed E-state index contributed by atoms with van der Waals surface area (Å²) >= 11 is 0. The zero-order chi connectivity index (χ0) is 26.1. The first kappa shape index (κ1) is 24.7. The number of hydrogen-bond donors (Lipinski definition) is 1. The average molecular weight is 500 g/mol. The lowest BCUT2D eigenvalue weighted by Crippen LogP contribution is -2.49. The van der Waals surface area contributed by atoms with E-state index in [4.69, 9.17) is 4.74 Å². The van der Waals surface area contributed by atoms with Crippen molar-refractivity contribution in [3.63, 3.8) is 0 Å². The summed E-state index contributed by atoms with van der Waals surface area (Å²) < 4.78 is 5.34. The fourth-order valence-corrected chi connectivity index (χ4v) is 5.27. The summed E-state index contributed by atoms with van der Waals surface area (Å²) in [6.45, 7) is 8.28. The molecule has 3 aromatic rings. The van der Waals surface area contributed by atoms with E-state index in [9.17, 15) is 9.59 Å². The SMILES string of the molecule is COc1ccc2c(c1)CCN(C1CCN(c3cc(C(=O)c4cc(C)c(C)c(C)c4)ncn3)CC1)C(=O)N2. The van der Waals surface area contributed by atoms with Crippen LogP contribution in [0.2, 0.25) is 0 Å². The van der Waals surface area contributed by atoms with E-state index in [-0.39, 0.29) is 17.9 Å². The fraction of sp³-hybridized carbons (Fsp3) is 0.379. The molecule has 2 amide bonds. The highest BCUT2D eigenvalue weighted by Crippen LogP contribution is 2.28. The topological polar surface area (TPSA) is 87.7 Å². The molecule has 3 heterocycles. The number of anilines is 2. The second kappa shape index (κ2) is 10.2. The van der Waals surface area contributed by atoms with Crippen molar-refractivity contribution >= 4 is 23.3 Å². The quantitative estimate of drug-likeness (QED) is 0.512. The lowest BCUT2D eigenvalue weighted by Gasteiger charge is -2.38. The van der Waals surface area contributed by atoms with Crippen molar-refractivity contribution in [2.75, 3.05) is 37.0 Å². The summed E-state index contributed by atoms with van der Waals surface area (Å²) in [5, 5.41) is 3.07. The first-order chi connectivity index (χ1) is 17.8. The van der Waals surface area contributed by atoms with Crippen LogP contribution in [0.25, 0.3) is 0 Å². The molecule has 0 atom stereocenters. The van der Waals surface area contributed by atoms with E-state index in [0.717, 1.165) is 66.3 Å². The summed E-state index contributed by atoms with van der Waals surface area (Å²) in [5.41, 5.74) is 6.38. The van der Waals surface area contributed by atoms with Gasteiger partial charge in [-0.05, 0) is 92.6 Å². The van der Waals surface area contributed by atoms with Crippen LogP contribution < -0.4 is 15.0 Å². The van der Waals surface area contributed by atoms with Crippen LogP contribution in [0.1, 0.15) is 51.1 Å². The molecule has 8 nitrogen and oxygen atoms in total. The number of urea groups is 1. The van der Waals surface area contributed by atoms with Gasteiger partial charge in [0.05, 0.1) is 7.11 Å². The molecule has 37 heavy (non-hydrogen) atoms. The molecule has 8 heteroatoms. The van der Waals surface area contributed by atoms with Gasteiger partial charge >= 0.3 is 6.03 Å². The number of rotatable bonds is 5. The molecule has 0 radical (unpaired) electrons. The Morgan fingerprint density at radius 2 is 1.73 bits per heavy atom. The van der Waals surface area contributed by atoms with Crippen molar-refractivity contribution in [2.45, 2.75) is 46.1 Å². The minimum Gasteiger partial charge on any atom is -0.497 e. The third-order valence-electron chi connectivity index (χ3n) is 7.74. The second-order valence-electron chi connectivity index (χ2n) is 9.94. The highest BCUT2D eigenvalue weighted by atomic mass is 16.5. The van der Waals surface area contributed by atoms with Crippen LogP contribution in [-0.4, -0.2) is 59.5 Å². The summed E-state index contributed by atoms with van der Waals surface area (Å²) in [7, 11) is 1.65. The van der Waals surface area contributed by atoms with Gasteiger partial charge < -0.3 is 19.9 Å². The first-order valence-corrected chi connectivity index (χ1v) is 12.8. The van der Waals surface area contributed by atoms with Crippen molar-refractivity contribution in [2.24, 2.45) is 0 Å². The Hall–Kier alpha value is -3.94. The highest BCUT2D eigenvalue weighted by molar-refractivity contribution is 6.08. The van der Waals surface area contributed by atoms with E-state index in [0.29, 0.717) is 17.8 Å². The number of ketones is 1. The van der Waals surface area contributed by atoms with Crippen LogP contribution in [-0.2, 0) is 6.42 Å². The molecule has 0 aliphatic carbocycles. The minimum absolute atomic E-state index is 0.0547. The molecule has 2 aliphatic rings. The molecule has 0 unspecified atom stereocenters. The number of methoxy groups -OCH3 is 1. The number of nitrogens with one attached hydrogen (secondary N) is 1. The Labute approximate surface area is 217 Å². The molecule has 5 rings (SSSR count). The number of amides is 2. The smallest absolute Gasteiger partial charge is 0.322 e. The maximum Gasteiger partial charge on any atom is 0.322 e. The molecule has 1 fully saturated rings. The monoisotopic (exact) mass is 499 g/mol. The third-order valence-corrected chi connectivity index (χ3v) is 7.74. The van der Waals surface area contributed by atoms with Crippen LogP contribution in [0.3, 0.4) is 0 Å². The molecule has 0 spiro atoms. The molecule has 2 aromatic carbocycles. The van der Waals surface area contributed by atoms with Crippen LogP contribution in [0, 0.1) is 20.8 Å². The standard InChI is InChI=1S/C29H33N5O3/c1-18-13-22(14-19(2)20(18)3)28(35)26-16-27(31-17-30-26)33-10-8-23(9-11-33)34-12-7-21-15-24(37-4)5-6-25(21)32-29(34)36/h5-6,13-17,23H,7-12H2,1-4H3,(H,32,36). The largest absolute Gasteiger partial charge is 0.497 e. The normalized spacial score (nSPS) is 16.2. The van der Waals surface area contributed by atoms with E-state index in [1.807, 2.05) is 49.1 Å². The summed E-state index contributed by atoms with van der Waals surface area (Å²) in [6, 6.07) is 11.5. The summed E-state index contributed by atoms with van der Waals surface area (Å²) in [5.74, 6) is 1.45. The molecule has 1 aromatic heterocycles. The zero-order valence-electron chi connectivity index (χ0n) is 21.9. The van der Waals surface area contributed by atoms with Gasteiger partial charge in [-0.3, -0.25) is 4.79 Å². The summed E-state index contributed by atoms with van der Waals surface area (Å²) in [4.78, 5) is 39.1. The van der Waals surface area contributed by atoms with Gasteiger partial charge in [-0.2, -0.15) is 0 Å². The van der Waals surface area contributed by atoms with Crippen molar-refractivity contribution in [1.29, 1.82) is 0 Å². The number of carbonyl (C=O) groups excluding carboxylic acids is 2. The van der Waals surface area contributed by atoms with Gasteiger partial charge in [0.2, 0.25) is 5.78 Å². The average Bonchev–Trinajstić information content (AvgIpc) is 3.08. The maximum absolute atomic E-state index is 13.2. The van der Waals surface area contributed by atoms with E-state index in [1.165, 1.54) is 11.9 Å². The van der Waals surface area contributed by atoms with Gasteiger partial charge in [-0.15, -0.1) is 0 Å². The Morgan fingerprint density at radius 1 is 1.00 bits per heavy atom. The molecule has 2 aliphatic heterocycles. The highest BCUT2D eigenvalue weighted by Gasteiger charge is 2.31. The Kier molecular flexibility index (Phi) is 6.82.